The van der Waals surface area contributed by atoms with Gasteiger partial charge in [0.1, 0.15) is 5.82 Å². The Morgan fingerprint density at radius 1 is 1.00 bits per heavy atom. The lowest BCUT2D eigenvalue weighted by Gasteiger charge is -2.20. The summed E-state index contributed by atoms with van der Waals surface area (Å²) in [7, 11) is 0. The van der Waals surface area contributed by atoms with Gasteiger partial charge in [0.2, 0.25) is 11.8 Å². The molecule has 0 aliphatic carbocycles. The number of carbonyl (C=O) groups excluding carboxylic acids is 3. The van der Waals surface area contributed by atoms with E-state index in [9.17, 15) is 18.8 Å². The summed E-state index contributed by atoms with van der Waals surface area (Å²) in [5.41, 5.74) is 1.01. The lowest BCUT2D eigenvalue weighted by Crippen LogP contribution is -2.44. The molecule has 0 atom stereocenters. The average molecular weight is 440 g/mol. The van der Waals surface area contributed by atoms with Crippen LogP contribution in [0.5, 0.6) is 0 Å². The van der Waals surface area contributed by atoms with Crippen LogP contribution < -0.4 is 10.6 Å². The van der Waals surface area contributed by atoms with Crippen LogP contribution >= 0.6 is 23.2 Å². The zero-order valence-corrected chi connectivity index (χ0v) is 17.2. The van der Waals surface area contributed by atoms with Gasteiger partial charge in [-0.2, -0.15) is 0 Å². The standard InChI is InChI=1S/C20H20Cl2FN3O3/c1-2-26(12-18(27)24-10-13-3-6-15(23)7-4-13)19(28)11-25-20(29)14-5-8-16(21)17(22)9-14/h3-9H,2,10-12H2,1H3,(H,24,27)(H,25,29). The van der Waals surface area contributed by atoms with E-state index in [0.29, 0.717) is 11.6 Å². The van der Waals surface area contributed by atoms with Gasteiger partial charge in [-0.1, -0.05) is 35.3 Å². The number of nitrogens with zero attached hydrogens (tertiary/aromatic N) is 1. The van der Waals surface area contributed by atoms with E-state index in [1.807, 2.05) is 0 Å². The Morgan fingerprint density at radius 2 is 1.69 bits per heavy atom. The van der Waals surface area contributed by atoms with Crippen molar-refractivity contribution < 1.29 is 18.8 Å². The van der Waals surface area contributed by atoms with Crippen molar-refractivity contribution in [3.63, 3.8) is 0 Å². The van der Waals surface area contributed by atoms with Crippen molar-refractivity contribution in [2.75, 3.05) is 19.6 Å². The second kappa shape index (κ2) is 10.8. The molecular weight excluding hydrogens is 420 g/mol. The monoisotopic (exact) mass is 439 g/mol. The van der Waals surface area contributed by atoms with E-state index in [2.05, 4.69) is 10.6 Å². The number of rotatable bonds is 8. The molecule has 9 heteroatoms. The Kier molecular flexibility index (Phi) is 8.42. The van der Waals surface area contributed by atoms with Gasteiger partial charge in [0.05, 0.1) is 23.1 Å². The molecule has 29 heavy (non-hydrogen) atoms. The van der Waals surface area contributed by atoms with Crippen LogP contribution in [0, 0.1) is 5.82 Å². The van der Waals surface area contributed by atoms with Crippen LogP contribution in [-0.2, 0) is 16.1 Å². The summed E-state index contributed by atoms with van der Waals surface area (Å²) in [5.74, 6) is -1.60. The lowest BCUT2D eigenvalue weighted by atomic mass is 10.2. The second-order valence-electron chi connectivity index (χ2n) is 6.12. The van der Waals surface area contributed by atoms with E-state index >= 15 is 0 Å². The summed E-state index contributed by atoms with van der Waals surface area (Å²) < 4.78 is 12.9. The fourth-order valence-corrected chi connectivity index (χ4v) is 2.71. The first-order chi connectivity index (χ1) is 13.8. The molecule has 0 aromatic heterocycles. The molecule has 0 aliphatic heterocycles. The Bertz CT molecular complexity index is 891. The Morgan fingerprint density at radius 3 is 2.31 bits per heavy atom. The Hall–Kier alpha value is -2.64. The number of hydrogen-bond donors (Lipinski definition) is 2. The maximum atomic E-state index is 12.9. The fourth-order valence-electron chi connectivity index (χ4n) is 2.42. The predicted molar refractivity (Wildman–Crippen MR) is 109 cm³/mol. The summed E-state index contributed by atoms with van der Waals surface area (Å²) in [4.78, 5) is 37.9. The van der Waals surface area contributed by atoms with Crippen LogP contribution in [0.3, 0.4) is 0 Å². The minimum atomic E-state index is -0.478. The van der Waals surface area contributed by atoms with Crippen molar-refractivity contribution in [3.05, 3.63) is 69.5 Å². The van der Waals surface area contributed by atoms with Crippen LogP contribution in [-0.4, -0.2) is 42.3 Å². The van der Waals surface area contributed by atoms with Gasteiger partial charge in [-0.3, -0.25) is 14.4 Å². The molecule has 6 nitrogen and oxygen atoms in total. The lowest BCUT2D eigenvalue weighted by molar-refractivity contribution is -0.135. The minimum absolute atomic E-state index is 0.154. The molecule has 0 spiro atoms. The molecule has 0 radical (unpaired) electrons. The highest BCUT2D eigenvalue weighted by Crippen LogP contribution is 2.22. The smallest absolute Gasteiger partial charge is 0.251 e. The third-order valence-corrected chi connectivity index (χ3v) is 4.79. The van der Waals surface area contributed by atoms with Crippen LogP contribution in [0.15, 0.2) is 42.5 Å². The van der Waals surface area contributed by atoms with Gasteiger partial charge < -0.3 is 15.5 Å². The van der Waals surface area contributed by atoms with Gasteiger partial charge in [0.15, 0.2) is 0 Å². The summed E-state index contributed by atoms with van der Waals surface area (Å²) in [6.07, 6.45) is 0. The highest BCUT2D eigenvalue weighted by atomic mass is 35.5. The SMILES string of the molecule is CCN(CC(=O)NCc1ccc(F)cc1)C(=O)CNC(=O)c1ccc(Cl)c(Cl)c1. The number of carbonyl (C=O) groups is 3. The van der Waals surface area contributed by atoms with Gasteiger partial charge in [0.25, 0.3) is 5.91 Å². The summed E-state index contributed by atoms with van der Waals surface area (Å²) in [5, 5.41) is 5.73. The summed E-state index contributed by atoms with van der Waals surface area (Å²) >= 11 is 11.7. The Labute approximate surface area is 178 Å². The molecule has 0 heterocycles. The molecule has 0 saturated heterocycles. The van der Waals surface area contributed by atoms with Crippen molar-refractivity contribution in [1.82, 2.24) is 15.5 Å². The fraction of sp³-hybridized carbons (Fsp3) is 0.250. The zero-order chi connectivity index (χ0) is 21.4. The normalized spacial score (nSPS) is 10.3. The van der Waals surface area contributed by atoms with Gasteiger partial charge in [0, 0.05) is 18.7 Å². The van der Waals surface area contributed by atoms with Gasteiger partial charge >= 0.3 is 0 Å². The van der Waals surface area contributed by atoms with Gasteiger partial charge in [-0.15, -0.1) is 0 Å². The summed E-state index contributed by atoms with van der Waals surface area (Å²) in [6.45, 7) is 1.83. The van der Waals surface area contributed by atoms with E-state index in [1.54, 1.807) is 19.1 Å². The third kappa shape index (κ3) is 7.03. The molecule has 0 fully saturated rings. The maximum Gasteiger partial charge on any atom is 0.251 e. The number of hydrogen-bond acceptors (Lipinski definition) is 3. The molecule has 154 valence electrons. The number of benzene rings is 2. The van der Waals surface area contributed by atoms with Crippen molar-refractivity contribution in [1.29, 1.82) is 0 Å². The molecule has 2 aromatic rings. The maximum absolute atomic E-state index is 12.9. The highest BCUT2D eigenvalue weighted by molar-refractivity contribution is 6.42. The number of amides is 3. The molecule has 2 rings (SSSR count). The van der Waals surface area contributed by atoms with Gasteiger partial charge in [-0.25, -0.2) is 4.39 Å². The highest BCUT2D eigenvalue weighted by Gasteiger charge is 2.17. The number of halogens is 3. The van der Waals surface area contributed by atoms with Crippen molar-refractivity contribution in [3.8, 4) is 0 Å². The first-order valence-electron chi connectivity index (χ1n) is 8.82. The van der Waals surface area contributed by atoms with Crippen LogP contribution in [0.1, 0.15) is 22.8 Å². The molecule has 2 aromatic carbocycles. The van der Waals surface area contributed by atoms with Gasteiger partial charge in [-0.05, 0) is 42.8 Å². The number of nitrogens with one attached hydrogen (secondary N) is 2. The van der Waals surface area contributed by atoms with E-state index in [0.717, 1.165) is 5.56 Å². The molecular formula is C20H20Cl2FN3O3. The Balaban J connectivity index is 1.82. The molecule has 0 saturated carbocycles. The molecule has 0 bridgehead atoms. The minimum Gasteiger partial charge on any atom is -0.350 e. The van der Waals surface area contributed by atoms with Crippen LogP contribution in [0.25, 0.3) is 0 Å². The third-order valence-electron chi connectivity index (χ3n) is 4.05. The van der Waals surface area contributed by atoms with E-state index < -0.39 is 11.8 Å². The van der Waals surface area contributed by atoms with E-state index in [-0.39, 0.29) is 41.9 Å². The predicted octanol–water partition coefficient (Wildman–Crippen LogP) is 3.03. The molecule has 0 unspecified atom stereocenters. The van der Waals surface area contributed by atoms with E-state index in [1.165, 1.54) is 35.2 Å². The van der Waals surface area contributed by atoms with Crippen molar-refractivity contribution in [2.45, 2.75) is 13.5 Å². The largest absolute Gasteiger partial charge is 0.350 e. The summed E-state index contributed by atoms with van der Waals surface area (Å²) in [6, 6.07) is 10.1. The first kappa shape index (κ1) is 22.6. The molecule has 3 amide bonds. The van der Waals surface area contributed by atoms with Crippen molar-refractivity contribution in [2.24, 2.45) is 0 Å². The topological polar surface area (TPSA) is 78.5 Å². The molecule has 0 aliphatic rings. The zero-order valence-electron chi connectivity index (χ0n) is 15.7. The number of likely N-dealkylation sites (N-methyl/N-ethyl adjacent to an activating group) is 1. The van der Waals surface area contributed by atoms with Crippen LogP contribution in [0.2, 0.25) is 10.0 Å². The van der Waals surface area contributed by atoms with Crippen LogP contribution in [0.4, 0.5) is 4.39 Å². The second-order valence-corrected chi connectivity index (χ2v) is 6.94. The quantitative estimate of drug-likeness (QED) is 0.663. The first-order valence-corrected chi connectivity index (χ1v) is 9.58. The molecule has 2 N–H and O–H groups in total. The van der Waals surface area contributed by atoms with Crippen molar-refractivity contribution >= 4 is 40.9 Å². The van der Waals surface area contributed by atoms with E-state index in [4.69, 9.17) is 23.2 Å². The average Bonchev–Trinajstić information content (AvgIpc) is 2.71.